The topological polar surface area (TPSA) is 67.2 Å². The normalized spacial score (nSPS) is 31.6. The Morgan fingerprint density at radius 1 is 1.40 bits per heavy atom. The number of carbonyl (C=O) groups excluding carboxylic acids is 1. The average Bonchev–Trinajstić information content (AvgIpc) is 2.14. The molecule has 2 amide bonds. The van der Waals surface area contributed by atoms with Crippen molar-refractivity contribution >= 4 is 6.03 Å². The third kappa shape index (κ3) is 3.70. The zero-order valence-electron chi connectivity index (χ0n) is 9.92. The molecule has 15 heavy (non-hydrogen) atoms. The van der Waals surface area contributed by atoms with Crippen molar-refractivity contribution in [1.29, 1.82) is 0 Å². The van der Waals surface area contributed by atoms with Crippen LogP contribution in [0.2, 0.25) is 0 Å². The van der Waals surface area contributed by atoms with Crippen LogP contribution in [0, 0.1) is 17.8 Å². The molecule has 1 rings (SSSR count). The zero-order valence-corrected chi connectivity index (χ0v) is 9.92. The number of carbonyl (C=O) groups is 1. The Balaban J connectivity index is 2.50. The van der Waals surface area contributed by atoms with Gasteiger partial charge in [0.05, 0.1) is 0 Å². The second-order valence-electron chi connectivity index (χ2n) is 5.07. The summed E-state index contributed by atoms with van der Waals surface area (Å²) in [6.07, 6.45) is 3.64. The highest BCUT2D eigenvalue weighted by Crippen LogP contribution is 2.33. The number of primary amides is 1. The average molecular weight is 213 g/mol. The Kier molecular flexibility index (Phi) is 4.39. The fraction of sp³-hybridized carbons (Fsp3) is 0.909. The summed E-state index contributed by atoms with van der Waals surface area (Å²) in [6.45, 7) is 6.73. The molecule has 4 heteroatoms. The minimum absolute atomic E-state index is 0.362. The van der Waals surface area contributed by atoms with Gasteiger partial charge in [-0.3, -0.25) is 5.43 Å². The smallest absolute Gasteiger partial charge is 0.326 e. The second-order valence-corrected chi connectivity index (χ2v) is 5.07. The minimum Gasteiger partial charge on any atom is -0.351 e. The molecular formula is C11H23N3O. The van der Waals surface area contributed by atoms with Crippen molar-refractivity contribution in [2.45, 2.75) is 46.1 Å². The lowest BCUT2D eigenvalue weighted by molar-refractivity contribution is 0.158. The van der Waals surface area contributed by atoms with Gasteiger partial charge in [-0.25, -0.2) is 10.2 Å². The van der Waals surface area contributed by atoms with Gasteiger partial charge in [0.2, 0.25) is 0 Å². The molecule has 3 unspecified atom stereocenters. The monoisotopic (exact) mass is 213 g/mol. The van der Waals surface area contributed by atoms with E-state index in [2.05, 4.69) is 31.6 Å². The van der Waals surface area contributed by atoms with Crippen molar-refractivity contribution in [3.05, 3.63) is 0 Å². The maximum Gasteiger partial charge on any atom is 0.326 e. The standard InChI is InChI=1S/C11H23N3O/c1-7(2)9-5-4-8(3)6-10(9)13-14-11(12)15/h7-10,13H,4-6H2,1-3H3,(H3,12,14,15). The van der Waals surface area contributed by atoms with Gasteiger partial charge in [-0.2, -0.15) is 0 Å². The highest BCUT2D eigenvalue weighted by Gasteiger charge is 2.30. The molecule has 0 saturated heterocycles. The Bertz CT molecular complexity index is 218. The maximum atomic E-state index is 10.6. The summed E-state index contributed by atoms with van der Waals surface area (Å²) < 4.78 is 0. The van der Waals surface area contributed by atoms with Gasteiger partial charge in [0.1, 0.15) is 0 Å². The predicted molar refractivity (Wildman–Crippen MR) is 61.0 cm³/mol. The number of hydrogen-bond donors (Lipinski definition) is 3. The fourth-order valence-corrected chi connectivity index (χ4v) is 2.53. The molecule has 1 aliphatic rings. The fourth-order valence-electron chi connectivity index (χ4n) is 2.53. The number of rotatable bonds is 3. The van der Waals surface area contributed by atoms with Crippen molar-refractivity contribution < 1.29 is 4.79 Å². The van der Waals surface area contributed by atoms with Crippen molar-refractivity contribution in [3.8, 4) is 0 Å². The molecule has 88 valence electrons. The zero-order chi connectivity index (χ0) is 11.4. The van der Waals surface area contributed by atoms with E-state index in [1.54, 1.807) is 0 Å². The summed E-state index contributed by atoms with van der Waals surface area (Å²) in [4.78, 5) is 10.6. The molecule has 0 aliphatic heterocycles. The van der Waals surface area contributed by atoms with Gasteiger partial charge in [0, 0.05) is 6.04 Å². The van der Waals surface area contributed by atoms with Gasteiger partial charge in [-0.1, -0.05) is 27.2 Å². The van der Waals surface area contributed by atoms with Gasteiger partial charge in [0.25, 0.3) is 0 Å². The molecule has 1 aliphatic carbocycles. The summed E-state index contributed by atoms with van der Waals surface area (Å²) in [5.74, 6) is 2.00. The number of amides is 2. The van der Waals surface area contributed by atoms with Gasteiger partial charge in [-0.05, 0) is 30.6 Å². The van der Waals surface area contributed by atoms with E-state index in [-0.39, 0.29) is 0 Å². The molecule has 1 saturated carbocycles. The predicted octanol–water partition coefficient (Wildman–Crippen LogP) is 1.62. The van der Waals surface area contributed by atoms with E-state index < -0.39 is 6.03 Å². The summed E-state index contributed by atoms with van der Waals surface area (Å²) in [6, 6.07) is -0.142. The van der Waals surface area contributed by atoms with Gasteiger partial charge in [-0.15, -0.1) is 0 Å². The largest absolute Gasteiger partial charge is 0.351 e. The molecule has 0 heterocycles. The molecule has 0 aromatic rings. The molecular weight excluding hydrogens is 190 g/mol. The highest BCUT2D eigenvalue weighted by molar-refractivity contribution is 5.70. The van der Waals surface area contributed by atoms with Crippen molar-refractivity contribution in [3.63, 3.8) is 0 Å². The molecule has 0 radical (unpaired) electrons. The highest BCUT2D eigenvalue weighted by atomic mass is 16.2. The molecule has 0 spiro atoms. The molecule has 0 bridgehead atoms. The molecule has 0 aromatic carbocycles. The quantitative estimate of drug-likeness (QED) is 0.624. The van der Waals surface area contributed by atoms with Crippen LogP contribution in [0.1, 0.15) is 40.0 Å². The van der Waals surface area contributed by atoms with E-state index in [0.717, 1.165) is 12.3 Å². The molecule has 1 fully saturated rings. The summed E-state index contributed by atoms with van der Waals surface area (Å²) >= 11 is 0. The lowest BCUT2D eigenvalue weighted by Gasteiger charge is -2.37. The van der Waals surface area contributed by atoms with Crippen LogP contribution in [0.25, 0.3) is 0 Å². The summed E-state index contributed by atoms with van der Waals surface area (Å²) in [7, 11) is 0. The van der Waals surface area contributed by atoms with Crippen LogP contribution < -0.4 is 16.6 Å². The third-order valence-electron chi connectivity index (χ3n) is 3.40. The van der Waals surface area contributed by atoms with Crippen molar-refractivity contribution in [2.75, 3.05) is 0 Å². The Morgan fingerprint density at radius 2 is 2.07 bits per heavy atom. The van der Waals surface area contributed by atoms with Crippen molar-refractivity contribution in [2.24, 2.45) is 23.5 Å². The lowest BCUT2D eigenvalue weighted by atomic mass is 9.74. The first-order valence-electron chi connectivity index (χ1n) is 5.81. The lowest BCUT2D eigenvalue weighted by Crippen LogP contribution is -2.52. The number of nitrogens with one attached hydrogen (secondary N) is 2. The van der Waals surface area contributed by atoms with Crippen LogP contribution >= 0.6 is 0 Å². The summed E-state index contributed by atoms with van der Waals surface area (Å²) in [5.41, 5.74) is 10.6. The van der Waals surface area contributed by atoms with Crippen LogP contribution in [-0.4, -0.2) is 12.1 Å². The maximum absolute atomic E-state index is 10.6. The number of urea groups is 1. The number of nitrogens with two attached hydrogens (primary N) is 1. The Hall–Kier alpha value is -0.770. The number of hydrazine groups is 1. The first-order valence-corrected chi connectivity index (χ1v) is 5.81. The van der Waals surface area contributed by atoms with E-state index in [1.165, 1.54) is 12.8 Å². The first kappa shape index (κ1) is 12.3. The molecule has 3 atom stereocenters. The third-order valence-corrected chi connectivity index (χ3v) is 3.40. The summed E-state index contributed by atoms with van der Waals surface area (Å²) in [5, 5.41) is 0. The second kappa shape index (κ2) is 5.35. The Labute approximate surface area is 92.0 Å². The van der Waals surface area contributed by atoms with E-state index in [1.807, 2.05) is 0 Å². The van der Waals surface area contributed by atoms with E-state index >= 15 is 0 Å². The van der Waals surface area contributed by atoms with Crippen LogP contribution in [0.5, 0.6) is 0 Å². The molecule has 4 nitrogen and oxygen atoms in total. The van der Waals surface area contributed by atoms with Crippen LogP contribution in [-0.2, 0) is 0 Å². The number of hydrogen-bond acceptors (Lipinski definition) is 2. The van der Waals surface area contributed by atoms with Crippen LogP contribution in [0.4, 0.5) is 4.79 Å². The van der Waals surface area contributed by atoms with Gasteiger partial charge >= 0.3 is 6.03 Å². The van der Waals surface area contributed by atoms with Crippen LogP contribution in [0.15, 0.2) is 0 Å². The van der Waals surface area contributed by atoms with Gasteiger partial charge in [0.15, 0.2) is 0 Å². The van der Waals surface area contributed by atoms with E-state index in [9.17, 15) is 4.79 Å². The SMILES string of the molecule is CC1CCC(C(C)C)C(NNC(N)=O)C1. The van der Waals surface area contributed by atoms with Crippen molar-refractivity contribution in [1.82, 2.24) is 10.9 Å². The first-order chi connectivity index (χ1) is 7.00. The Morgan fingerprint density at radius 3 is 2.60 bits per heavy atom. The van der Waals surface area contributed by atoms with Gasteiger partial charge < -0.3 is 5.73 Å². The van der Waals surface area contributed by atoms with E-state index in [0.29, 0.717) is 17.9 Å². The van der Waals surface area contributed by atoms with E-state index in [4.69, 9.17) is 5.73 Å². The molecule has 0 aromatic heterocycles. The molecule has 4 N–H and O–H groups in total. The minimum atomic E-state index is -0.504. The van der Waals surface area contributed by atoms with Crippen LogP contribution in [0.3, 0.4) is 0 Å².